The molecule has 6 rings (SSSR count). The lowest BCUT2D eigenvalue weighted by Crippen LogP contribution is -2.17. The first-order chi connectivity index (χ1) is 20.8. The summed E-state index contributed by atoms with van der Waals surface area (Å²) in [5.41, 5.74) is 12.0. The van der Waals surface area contributed by atoms with Crippen molar-refractivity contribution >= 4 is 11.8 Å². The van der Waals surface area contributed by atoms with Gasteiger partial charge in [-0.25, -0.2) is 24.7 Å². The lowest BCUT2D eigenvalue weighted by atomic mass is 9.89. The van der Waals surface area contributed by atoms with E-state index in [1.165, 1.54) is 47.9 Å². The van der Waals surface area contributed by atoms with Gasteiger partial charge in [-0.2, -0.15) is 0 Å². The van der Waals surface area contributed by atoms with Gasteiger partial charge >= 0.3 is 5.97 Å². The van der Waals surface area contributed by atoms with E-state index in [1.807, 2.05) is 0 Å². The van der Waals surface area contributed by atoms with Gasteiger partial charge in [0.2, 0.25) is 0 Å². The largest absolute Gasteiger partial charge is 0.462 e. The Morgan fingerprint density at radius 3 is 1.51 bits per heavy atom. The fraction of sp³-hybridized carbons (Fsp3) is 0.371. The van der Waals surface area contributed by atoms with Gasteiger partial charge in [-0.05, 0) is 68.7 Å². The third kappa shape index (κ3) is 7.03. The molecule has 2 aromatic heterocycles. The van der Waals surface area contributed by atoms with Crippen molar-refractivity contribution in [2.24, 2.45) is 5.73 Å². The van der Waals surface area contributed by atoms with Crippen molar-refractivity contribution in [3.8, 4) is 0 Å². The maximum Gasteiger partial charge on any atom is 0.341 e. The van der Waals surface area contributed by atoms with Gasteiger partial charge in [0.25, 0.3) is 0 Å². The molecule has 2 saturated carbocycles. The molecule has 43 heavy (non-hydrogen) atoms. The number of Topliss-reactive ketones (excluding diaryl/α,β-unsaturated/α-hetero) is 1. The lowest BCUT2D eigenvalue weighted by Gasteiger charge is -2.17. The molecular formula is C35H39N5O3. The van der Waals surface area contributed by atoms with Gasteiger partial charge in [0.15, 0.2) is 5.78 Å². The molecule has 4 aromatic rings. The standard InChI is InChI=1S/C18H20N2O2.C17H19N3O/c1-3-22-17(21)14-11-19-16(20-12-14)10-18(8-9-18)15-7-5-4-6-13(15)2;1-12-4-2-3-5-14(12)17(6-7-17)8-16-19-10-13(11-20-16)15(21)9-18/h4-7,11-12H,3,8-10H2,1-2H3;2-5,10-11H,6-9,18H2,1H3. The molecule has 2 heterocycles. The monoisotopic (exact) mass is 577 g/mol. The molecule has 2 aliphatic carbocycles. The second-order valence-corrected chi connectivity index (χ2v) is 11.7. The number of carbonyl (C=O) groups excluding carboxylic acids is 2. The van der Waals surface area contributed by atoms with Crippen LogP contribution in [0.1, 0.15) is 87.2 Å². The first-order valence-corrected chi connectivity index (χ1v) is 14.9. The van der Waals surface area contributed by atoms with Crippen LogP contribution in [-0.2, 0) is 28.4 Å². The fourth-order valence-corrected chi connectivity index (χ4v) is 5.80. The number of ketones is 1. The maximum atomic E-state index is 11.6. The Bertz CT molecular complexity index is 1580. The molecule has 0 radical (unpaired) electrons. The lowest BCUT2D eigenvalue weighted by molar-refractivity contribution is 0.0525. The Morgan fingerprint density at radius 2 is 1.14 bits per heavy atom. The number of esters is 1. The Balaban J connectivity index is 0.000000171. The van der Waals surface area contributed by atoms with Crippen LogP contribution in [0.3, 0.4) is 0 Å². The topological polar surface area (TPSA) is 121 Å². The zero-order valence-corrected chi connectivity index (χ0v) is 25.2. The Hall–Kier alpha value is -4.30. The van der Waals surface area contributed by atoms with Crippen LogP contribution in [0.15, 0.2) is 73.3 Å². The predicted octanol–water partition coefficient (Wildman–Crippen LogP) is 5.44. The zero-order chi connectivity index (χ0) is 30.5. The molecule has 2 aliphatic rings. The maximum absolute atomic E-state index is 11.6. The number of ether oxygens (including phenoxy) is 1. The van der Waals surface area contributed by atoms with Crippen LogP contribution in [0.2, 0.25) is 0 Å². The van der Waals surface area contributed by atoms with E-state index < -0.39 is 0 Å². The summed E-state index contributed by atoms with van der Waals surface area (Å²) in [6, 6.07) is 17.0. The smallest absolute Gasteiger partial charge is 0.341 e. The third-order valence-corrected chi connectivity index (χ3v) is 8.56. The molecule has 0 atom stereocenters. The minimum Gasteiger partial charge on any atom is -0.462 e. The third-order valence-electron chi connectivity index (χ3n) is 8.56. The van der Waals surface area contributed by atoms with Gasteiger partial charge in [-0.1, -0.05) is 48.5 Å². The molecule has 8 nitrogen and oxygen atoms in total. The summed E-state index contributed by atoms with van der Waals surface area (Å²) < 4.78 is 4.95. The molecule has 0 spiro atoms. The van der Waals surface area contributed by atoms with Crippen molar-refractivity contribution in [1.29, 1.82) is 0 Å². The Kier molecular flexibility index (Phi) is 9.06. The quantitative estimate of drug-likeness (QED) is 0.195. The van der Waals surface area contributed by atoms with Crippen LogP contribution in [0.5, 0.6) is 0 Å². The Morgan fingerprint density at radius 1 is 0.721 bits per heavy atom. The molecule has 0 bridgehead atoms. The van der Waals surface area contributed by atoms with Gasteiger partial charge in [0.1, 0.15) is 11.6 Å². The molecule has 2 fully saturated rings. The van der Waals surface area contributed by atoms with E-state index in [1.54, 1.807) is 31.7 Å². The number of aryl methyl sites for hydroxylation is 2. The normalized spacial score (nSPS) is 15.5. The van der Waals surface area contributed by atoms with E-state index in [0.717, 1.165) is 24.5 Å². The molecule has 222 valence electrons. The molecule has 0 aliphatic heterocycles. The highest BCUT2D eigenvalue weighted by atomic mass is 16.5. The summed E-state index contributed by atoms with van der Waals surface area (Å²) >= 11 is 0. The Labute approximate surface area is 253 Å². The summed E-state index contributed by atoms with van der Waals surface area (Å²) in [6.07, 6.45) is 12.6. The minimum atomic E-state index is -0.367. The number of hydrogen-bond acceptors (Lipinski definition) is 8. The first-order valence-electron chi connectivity index (χ1n) is 14.9. The van der Waals surface area contributed by atoms with Crippen LogP contribution in [0.25, 0.3) is 0 Å². The molecule has 2 aromatic carbocycles. The van der Waals surface area contributed by atoms with E-state index in [2.05, 4.69) is 82.3 Å². The van der Waals surface area contributed by atoms with Crippen LogP contribution in [0, 0.1) is 13.8 Å². The second kappa shape index (κ2) is 12.9. The van der Waals surface area contributed by atoms with Gasteiger partial charge in [0.05, 0.1) is 24.3 Å². The number of nitrogens with zero attached hydrogens (tertiary/aromatic N) is 4. The van der Waals surface area contributed by atoms with E-state index in [4.69, 9.17) is 10.5 Å². The van der Waals surface area contributed by atoms with Gasteiger partial charge < -0.3 is 10.5 Å². The second-order valence-electron chi connectivity index (χ2n) is 11.7. The number of aromatic nitrogens is 4. The highest BCUT2D eigenvalue weighted by Gasteiger charge is 2.46. The SMILES string of the molecule is CCOC(=O)c1cnc(CC2(c3ccccc3C)CC2)nc1.Cc1ccccc1C1(Cc2ncc(C(=O)CN)cn2)CC1. The molecule has 0 unspecified atom stereocenters. The summed E-state index contributed by atoms with van der Waals surface area (Å²) in [5.74, 6) is 1.09. The van der Waals surface area contributed by atoms with Gasteiger partial charge in [0, 0.05) is 48.5 Å². The molecular weight excluding hydrogens is 538 g/mol. The van der Waals surface area contributed by atoms with E-state index in [9.17, 15) is 9.59 Å². The van der Waals surface area contributed by atoms with Crippen molar-refractivity contribution in [1.82, 2.24) is 19.9 Å². The summed E-state index contributed by atoms with van der Waals surface area (Å²) in [5, 5.41) is 0. The zero-order valence-electron chi connectivity index (χ0n) is 25.2. The summed E-state index contributed by atoms with van der Waals surface area (Å²) in [4.78, 5) is 40.5. The van der Waals surface area contributed by atoms with Crippen LogP contribution in [0.4, 0.5) is 0 Å². The first kappa shape index (κ1) is 30.2. The predicted molar refractivity (Wildman–Crippen MR) is 165 cm³/mol. The molecule has 2 N–H and O–H groups in total. The van der Waals surface area contributed by atoms with Crippen LogP contribution < -0.4 is 5.73 Å². The van der Waals surface area contributed by atoms with Gasteiger partial charge in [-0.3, -0.25) is 4.79 Å². The average Bonchev–Trinajstić information content (AvgIpc) is 3.96. The summed E-state index contributed by atoms with van der Waals surface area (Å²) in [7, 11) is 0. The molecule has 8 heteroatoms. The molecule has 0 amide bonds. The summed E-state index contributed by atoms with van der Waals surface area (Å²) in [6.45, 7) is 6.44. The minimum absolute atomic E-state index is 0.00411. The highest BCUT2D eigenvalue weighted by molar-refractivity contribution is 5.96. The van der Waals surface area contributed by atoms with Gasteiger partial charge in [-0.15, -0.1) is 0 Å². The van der Waals surface area contributed by atoms with Crippen molar-refractivity contribution < 1.29 is 14.3 Å². The van der Waals surface area contributed by atoms with Crippen molar-refractivity contribution in [2.45, 2.75) is 70.1 Å². The number of rotatable bonds is 10. The fourth-order valence-electron chi connectivity index (χ4n) is 5.80. The van der Waals surface area contributed by atoms with E-state index in [-0.39, 0.29) is 29.1 Å². The van der Waals surface area contributed by atoms with E-state index >= 15 is 0 Å². The number of nitrogens with two attached hydrogens (primary N) is 1. The van der Waals surface area contributed by atoms with Crippen molar-refractivity contribution in [2.75, 3.05) is 13.2 Å². The average molecular weight is 578 g/mol. The van der Waals surface area contributed by atoms with Crippen LogP contribution in [-0.4, -0.2) is 44.8 Å². The van der Waals surface area contributed by atoms with E-state index in [0.29, 0.717) is 17.7 Å². The number of benzene rings is 2. The number of carbonyl (C=O) groups is 2. The van der Waals surface area contributed by atoms with Crippen molar-refractivity contribution in [3.05, 3.63) is 118 Å². The number of hydrogen-bond donors (Lipinski definition) is 1. The highest BCUT2D eigenvalue weighted by Crippen LogP contribution is 2.52. The molecule has 0 saturated heterocycles. The van der Waals surface area contributed by atoms with Crippen molar-refractivity contribution in [3.63, 3.8) is 0 Å². The van der Waals surface area contributed by atoms with Crippen LogP contribution >= 0.6 is 0 Å².